The molecule has 0 aliphatic rings. The summed E-state index contributed by atoms with van der Waals surface area (Å²) in [5.74, 6) is 0.915. The van der Waals surface area contributed by atoms with Crippen LogP contribution in [0.15, 0.2) is 24.4 Å². The molecular weight excluding hydrogens is 172 g/mol. The first kappa shape index (κ1) is 10.6. The maximum absolute atomic E-state index is 5.33. The van der Waals surface area contributed by atoms with Crippen LogP contribution in [-0.2, 0) is 6.42 Å². The minimum Gasteiger partial charge on any atom is -0.496 e. The first-order valence-electron chi connectivity index (χ1n) is 4.76. The van der Waals surface area contributed by atoms with Crippen LogP contribution in [-0.4, -0.2) is 7.11 Å². The van der Waals surface area contributed by atoms with Gasteiger partial charge in [0.2, 0.25) is 0 Å². The summed E-state index contributed by atoms with van der Waals surface area (Å²) in [6.07, 6.45) is 2.88. The Morgan fingerprint density at radius 1 is 1.50 bits per heavy atom. The molecule has 0 bridgehead atoms. The van der Waals surface area contributed by atoms with E-state index in [0.717, 1.165) is 23.3 Å². The monoisotopic (exact) mass is 188 g/mol. The zero-order valence-electron chi connectivity index (χ0n) is 9.05. The number of ether oxygens (including phenoxy) is 1. The summed E-state index contributed by atoms with van der Waals surface area (Å²) in [6, 6.07) is 4.27. The molecule has 0 fully saturated rings. The lowest BCUT2D eigenvalue weighted by molar-refractivity contribution is 0.410. The normalized spacial score (nSPS) is 9.36. The van der Waals surface area contributed by atoms with Crippen molar-refractivity contribution in [1.29, 1.82) is 0 Å². The third-order valence-corrected chi connectivity index (χ3v) is 2.23. The molecule has 0 aliphatic heterocycles. The Morgan fingerprint density at radius 2 is 2.21 bits per heavy atom. The van der Waals surface area contributed by atoms with Crippen LogP contribution in [0, 0.1) is 6.92 Å². The lowest BCUT2D eigenvalue weighted by atomic mass is 10.0. The molecule has 0 saturated heterocycles. The van der Waals surface area contributed by atoms with Crippen LogP contribution in [0.1, 0.15) is 23.6 Å². The van der Waals surface area contributed by atoms with Crippen LogP contribution >= 0.6 is 0 Å². The average molecular weight is 188 g/mol. The van der Waals surface area contributed by atoms with Crippen molar-refractivity contribution < 1.29 is 4.74 Å². The molecule has 0 atom stereocenters. The van der Waals surface area contributed by atoms with Crippen molar-refractivity contribution in [1.82, 2.24) is 0 Å². The number of hydrogen-bond acceptors (Lipinski definition) is 1. The van der Waals surface area contributed by atoms with Crippen molar-refractivity contribution in [2.24, 2.45) is 0 Å². The Hall–Kier alpha value is -1.46. The highest BCUT2D eigenvalue weighted by molar-refractivity contribution is 5.60. The van der Waals surface area contributed by atoms with Gasteiger partial charge in [0.25, 0.3) is 0 Å². The van der Waals surface area contributed by atoms with E-state index in [0.29, 0.717) is 0 Å². The van der Waals surface area contributed by atoms with Gasteiger partial charge in [-0.1, -0.05) is 19.6 Å². The number of rotatable bonds is 3. The first-order valence-corrected chi connectivity index (χ1v) is 4.76. The van der Waals surface area contributed by atoms with Gasteiger partial charge in [-0.25, -0.2) is 0 Å². The summed E-state index contributed by atoms with van der Waals surface area (Å²) in [7, 11) is 1.69. The second kappa shape index (κ2) is 4.69. The number of benzene rings is 1. The van der Waals surface area contributed by atoms with Crippen molar-refractivity contribution in [3.05, 3.63) is 41.1 Å². The zero-order chi connectivity index (χ0) is 10.6. The fourth-order valence-corrected chi connectivity index (χ4v) is 1.58. The molecule has 0 spiro atoms. The number of methoxy groups -OCH3 is 1. The van der Waals surface area contributed by atoms with Crippen molar-refractivity contribution in [3.63, 3.8) is 0 Å². The number of aryl methyl sites for hydroxylation is 2. The van der Waals surface area contributed by atoms with Gasteiger partial charge < -0.3 is 4.74 Å². The van der Waals surface area contributed by atoms with Gasteiger partial charge in [0.1, 0.15) is 5.75 Å². The van der Waals surface area contributed by atoms with E-state index in [-0.39, 0.29) is 0 Å². The van der Waals surface area contributed by atoms with E-state index in [1.807, 2.05) is 6.08 Å². The molecule has 1 heteroatoms. The molecule has 1 aromatic rings. The third-order valence-electron chi connectivity index (χ3n) is 2.23. The van der Waals surface area contributed by atoms with Gasteiger partial charge in [-0.2, -0.15) is 0 Å². The first-order chi connectivity index (χ1) is 6.72. The summed E-state index contributed by atoms with van der Waals surface area (Å²) >= 11 is 0. The van der Waals surface area contributed by atoms with Crippen LogP contribution in [0.25, 0.3) is 6.08 Å². The lowest BCUT2D eigenvalue weighted by Crippen LogP contribution is -1.93. The smallest absolute Gasteiger partial charge is 0.129 e. The largest absolute Gasteiger partial charge is 0.496 e. The summed E-state index contributed by atoms with van der Waals surface area (Å²) in [5, 5.41) is 0. The Bertz CT molecular complexity index is 371. The van der Waals surface area contributed by atoms with Crippen LogP contribution < -0.4 is 4.74 Å². The van der Waals surface area contributed by atoms with Gasteiger partial charge in [-0.3, -0.25) is 0 Å². The molecule has 0 radical (unpaired) electrons. The second-order valence-electron chi connectivity index (χ2n) is 3.24. The molecular formula is C13H16O. The van der Waals surface area contributed by atoms with Crippen molar-refractivity contribution in [2.45, 2.75) is 20.3 Å². The summed E-state index contributed by atoms with van der Waals surface area (Å²) in [5.41, 5.74) is 6.31. The Kier molecular flexibility index (Phi) is 3.55. The van der Waals surface area contributed by atoms with Crippen molar-refractivity contribution >= 4 is 6.08 Å². The Balaban J connectivity index is 3.34. The highest BCUT2D eigenvalue weighted by atomic mass is 16.5. The van der Waals surface area contributed by atoms with Crippen LogP contribution in [0.4, 0.5) is 0 Å². The molecule has 0 aromatic heterocycles. The van der Waals surface area contributed by atoms with E-state index < -0.39 is 0 Å². The zero-order valence-corrected chi connectivity index (χ0v) is 9.05. The van der Waals surface area contributed by atoms with Crippen LogP contribution in [0.5, 0.6) is 5.75 Å². The fourth-order valence-electron chi connectivity index (χ4n) is 1.58. The summed E-state index contributed by atoms with van der Waals surface area (Å²) in [6.45, 7) is 7.78. The summed E-state index contributed by atoms with van der Waals surface area (Å²) < 4.78 is 5.33. The van der Waals surface area contributed by atoms with Gasteiger partial charge in [-0.15, -0.1) is 5.73 Å². The van der Waals surface area contributed by atoms with E-state index in [1.54, 1.807) is 7.11 Å². The molecule has 0 N–H and O–H groups in total. The predicted octanol–water partition coefficient (Wildman–Crippen LogP) is 3.36. The molecule has 0 amide bonds. The topological polar surface area (TPSA) is 9.23 Å². The van der Waals surface area contributed by atoms with E-state index >= 15 is 0 Å². The van der Waals surface area contributed by atoms with Gasteiger partial charge >= 0.3 is 0 Å². The minimum absolute atomic E-state index is 0.915. The van der Waals surface area contributed by atoms with Gasteiger partial charge in [-0.05, 0) is 36.6 Å². The molecule has 0 unspecified atom stereocenters. The molecule has 1 nitrogen and oxygen atoms in total. The van der Waals surface area contributed by atoms with Crippen LogP contribution in [0.2, 0.25) is 0 Å². The van der Waals surface area contributed by atoms with E-state index in [1.165, 1.54) is 5.56 Å². The Labute approximate surface area is 85.7 Å². The standard InChI is InChI=1S/C13H16O/c1-5-7-12-9-11(6-2)8-10(3)13(12)14-4/h7-9H,1,6H2,2-4H3. The van der Waals surface area contributed by atoms with E-state index in [4.69, 9.17) is 4.74 Å². The molecule has 0 saturated carbocycles. The highest BCUT2D eigenvalue weighted by Crippen LogP contribution is 2.26. The van der Waals surface area contributed by atoms with Gasteiger partial charge in [0.05, 0.1) is 7.11 Å². The molecule has 14 heavy (non-hydrogen) atoms. The van der Waals surface area contributed by atoms with Crippen LogP contribution in [0.3, 0.4) is 0 Å². The minimum atomic E-state index is 0.915. The highest BCUT2D eigenvalue weighted by Gasteiger charge is 2.05. The maximum atomic E-state index is 5.33. The quantitative estimate of drug-likeness (QED) is 0.661. The average Bonchev–Trinajstić information content (AvgIpc) is 2.18. The number of hydrogen-bond donors (Lipinski definition) is 0. The fraction of sp³-hybridized carbons (Fsp3) is 0.308. The third kappa shape index (κ3) is 2.07. The predicted molar refractivity (Wildman–Crippen MR) is 60.7 cm³/mol. The molecule has 1 aromatic carbocycles. The molecule has 0 aliphatic carbocycles. The molecule has 1 rings (SSSR count). The SMILES string of the molecule is C=C=Cc1cc(CC)cc(C)c1OC. The van der Waals surface area contributed by atoms with E-state index in [2.05, 4.69) is 38.3 Å². The maximum Gasteiger partial charge on any atom is 0.129 e. The second-order valence-corrected chi connectivity index (χ2v) is 3.24. The summed E-state index contributed by atoms with van der Waals surface area (Å²) in [4.78, 5) is 0. The lowest BCUT2D eigenvalue weighted by Gasteiger charge is -2.10. The molecule has 0 heterocycles. The van der Waals surface area contributed by atoms with Gasteiger partial charge in [0, 0.05) is 5.56 Å². The Morgan fingerprint density at radius 3 is 2.71 bits per heavy atom. The van der Waals surface area contributed by atoms with Gasteiger partial charge in [0.15, 0.2) is 0 Å². The van der Waals surface area contributed by atoms with E-state index in [9.17, 15) is 0 Å². The molecule has 74 valence electrons. The van der Waals surface area contributed by atoms with Crippen molar-refractivity contribution in [3.8, 4) is 5.75 Å². The van der Waals surface area contributed by atoms with Crippen molar-refractivity contribution in [2.75, 3.05) is 7.11 Å².